The van der Waals surface area contributed by atoms with Crippen LogP contribution in [0, 0.1) is 23.7 Å². The summed E-state index contributed by atoms with van der Waals surface area (Å²) in [5.41, 5.74) is 1.75. The Morgan fingerprint density at radius 3 is 2.88 bits per heavy atom. The highest BCUT2D eigenvalue weighted by atomic mass is 16.6. The second-order valence-corrected chi connectivity index (χ2v) is 7.09. The molecule has 1 heterocycles. The van der Waals surface area contributed by atoms with Gasteiger partial charge in [0.1, 0.15) is 6.10 Å². The third-order valence-corrected chi connectivity index (χ3v) is 5.77. The molecule has 1 amide bonds. The lowest BCUT2D eigenvalue weighted by molar-refractivity contribution is -0.157. The van der Waals surface area contributed by atoms with Crippen LogP contribution in [-0.2, 0) is 30.3 Å². The summed E-state index contributed by atoms with van der Waals surface area (Å²) in [4.78, 5) is 36.5. The van der Waals surface area contributed by atoms with Crippen LogP contribution in [0.4, 0.5) is 5.69 Å². The van der Waals surface area contributed by atoms with E-state index in [1.807, 2.05) is 31.2 Å². The maximum atomic E-state index is 12.4. The average Bonchev–Trinajstić information content (AvgIpc) is 3.22. The van der Waals surface area contributed by atoms with Gasteiger partial charge in [0.25, 0.3) is 5.91 Å². The summed E-state index contributed by atoms with van der Waals surface area (Å²) in [5.74, 6) is -1.63. The Hall–Kier alpha value is -2.37. The van der Waals surface area contributed by atoms with Gasteiger partial charge in [0, 0.05) is 11.6 Å². The molecule has 25 heavy (non-hydrogen) atoms. The van der Waals surface area contributed by atoms with Crippen LogP contribution in [0.2, 0.25) is 0 Å². The number of carbonyl (C=O) groups is 3. The first-order chi connectivity index (χ1) is 12.1. The SMILES string of the molecule is CCc1ccccc1NC(=O)COC(=O)[C@@H]1[C@@H]2C[C@@H]3[C@@H]1C(=O)O[C@H]3C2. The van der Waals surface area contributed by atoms with Crippen molar-refractivity contribution in [1.29, 1.82) is 0 Å². The van der Waals surface area contributed by atoms with E-state index in [0.717, 1.165) is 30.5 Å². The van der Waals surface area contributed by atoms with E-state index in [1.165, 1.54) is 0 Å². The number of anilines is 1. The molecule has 6 heteroatoms. The summed E-state index contributed by atoms with van der Waals surface area (Å²) in [6.07, 6.45) is 2.37. The highest BCUT2D eigenvalue weighted by molar-refractivity contribution is 5.94. The molecule has 1 saturated heterocycles. The van der Waals surface area contributed by atoms with Crippen molar-refractivity contribution >= 4 is 23.5 Å². The minimum atomic E-state index is -0.452. The fraction of sp³-hybridized carbons (Fsp3) is 0.526. The van der Waals surface area contributed by atoms with E-state index in [9.17, 15) is 14.4 Å². The van der Waals surface area contributed by atoms with Crippen molar-refractivity contribution in [3.05, 3.63) is 29.8 Å². The summed E-state index contributed by atoms with van der Waals surface area (Å²) >= 11 is 0. The number of esters is 2. The number of rotatable bonds is 5. The van der Waals surface area contributed by atoms with Gasteiger partial charge in [-0.25, -0.2) is 0 Å². The van der Waals surface area contributed by atoms with Gasteiger partial charge in [-0.05, 0) is 36.8 Å². The molecule has 1 aromatic rings. The second kappa shape index (κ2) is 6.17. The van der Waals surface area contributed by atoms with Crippen LogP contribution in [0.1, 0.15) is 25.3 Å². The van der Waals surface area contributed by atoms with Gasteiger partial charge in [-0.3, -0.25) is 14.4 Å². The minimum Gasteiger partial charge on any atom is -0.462 e. The van der Waals surface area contributed by atoms with Gasteiger partial charge in [-0.1, -0.05) is 25.1 Å². The highest BCUT2D eigenvalue weighted by Crippen LogP contribution is 2.57. The molecule has 2 saturated carbocycles. The van der Waals surface area contributed by atoms with Crippen molar-refractivity contribution in [2.45, 2.75) is 32.3 Å². The van der Waals surface area contributed by atoms with Crippen LogP contribution in [-0.4, -0.2) is 30.6 Å². The number of amides is 1. The topological polar surface area (TPSA) is 81.7 Å². The Balaban J connectivity index is 1.35. The van der Waals surface area contributed by atoms with Crippen molar-refractivity contribution in [2.75, 3.05) is 11.9 Å². The lowest BCUT2D eigenvalue weighted by atomic mass is 9.80. The van der Waals surface area contributed by atoms with Gasteiger partial charge in [0.15, 0.2) is 6.61 Å². The van der Waals surface area contributed by atoms with Crippen molar-refractivity contribution in [2.24, 2.45) is 23.7 Å². The van der Waals surface area contributed by atoms with E-state index < -0.39 is 11.9 Å². The summed E-state index contributed by atoms with van der Waals surface area (Å²) in [7, 11) is 0. The number of aryl methyl sites for hydroxylation is 1. The summed E-state index contributed by atoms with van der Waals surface area (Å²) in [6.45, 7) is 1.67. The van der Waals surface area contributed by atoms with Crippen LogP contribution >= 0.6 is 0 Å². The van der Waals surface area contributed by atoms with E-state index in [2.05, 4.69) is 5.32 Å². The molecule has 3 aliphatic rings. The summed E-state index contributed by atoms with van der Waals surface area (Å²) in [6, 6.07) is 7.53. The molecule has 0 radical (unpaired) electrons. The molecule has 2 bridgehead atoms. The van der Waals surface area contributed by atoms with Crippen molar-refractivity contribution in [1.82, 2.24) is 0 Å². The van der Waals surface area contributed by atoms with E-state index in [1.54, 1.807) is 0 Å². The van der Waals surface area contributed by atoms with Crippen LogP contribution in [0.5, 0.6) is 0 Å². The first kappa shape index (κ1) is 16.1. The lowest BCUT2D eigenvalue weighted by Crippen LogP contribution is -2.35. The zero-order valence-electron chi connectivity index (χ0n) is 14.1. The number of nitrogens with one attached hydrogen (secondary N) is 1. The van der Waals surface area contributed by atoms with Crippen molar-refractivity contribution < 1.29 is 23.9 Å². The first-order valence-electron chi connectivity index (χ1n) is 8.83. The van der Waals surface area contributed by atoms with Gasteiger partial charge in [-0.2, -0.15) is 0 Å². The van der Waals surface area contributed by atoms with Gasteiger partial charge in [0.2, 0.25) is 0 Å². The Morgan fingerprint density at radius 1 is 1.28 bits per heavy atom. The molecule has 1 aromatic carbocycles. The molecular formula is C19H21NO5. The minimum absolute atomic E-state index is 0.0135. The Labute approximate surface area is 145 Å². The van der Waals surface area contributed by atoms with Crippen LogP contribution < -0.4 is 5.32 Å². The standard InChI is InChI=1S/C19H21NO5/c1-2-10-5-3-4-6-13(10)20-15(21)9-24-18(22)16-11-7-12-14(8-11)25-19(23)17(12)16/h3-6,11-12,14,16-17H,2,7-9H2,1H3,(H,20,21)/t11-,12+,14+,16-,17+/m1/s1. The molecule has 6 nitrogen and oxygen atoms in total. The Morgan fingerprint density at radius 2 is 2.08 bits per heavy atom. The number of hydrogen-bond donors (Lipinski definition) is 1. The highest BCUT2D eigenvalue weighted by Gasteiger charge is 2.64. The molecule has 3 fully saturated rings. The first-order valence-corrected chi connectivity index (χ1v) is 8.83. The summed E-state index contributed by atoms with van der Waals surface area (Å²) in [5, 5.41) is 2.78. The average molecular weight is 343 g/mol. The lowest BCUT2D eigenvalue weighted by Gasteiger charge is -2.22. The third-order valence-electron chi connectivity index (χ3n) is 5.77. The molecule has 2 aliphatic carbocycles. The molecule has 0 unspecified atom stereocenters. The summed E-state index contributed by atoms with van der Waals surface area (Å²) < 4.78 is 10.5. The quantitative estimate of drug-likeness (QED) is 0.826. The van der Waals surface area contributed by atoms with Crippen molar-refractivity contribution in [3.63, 3.8) is 0 Å². The van der Waals surface area contributed by atoms with Crippen LogP contribution in [0.25, 0.3) is 0 Å². The maximum absolute atomic E-state index is 12.4. The molecule has 1 aliphatic heterocycles. The number of carbonyl (C=O) groups excluding carboxylic acids is 3. The van der Waals surface area contributed by atoms with E-state index in [0.29, 0.717) is 0 Å². The van der Waals surface area contributed by atoms with Crippen LogP contribution in [0.3, 0.4) is 0 Å². The smallest absolute Gasteiger partial charge is 0.310 e. The van der Waals surface area contributed by atoms with Crippen LogP contribution in [0.15, 0.2) is 24.3 Å². The van der Waals surface area contributed by atoms with E-state index in [4.69, 9.17) is 9.47 Å². The fourth-order valence-electron chi connectivity index (χ4n) is 4.69. The van der Waals surface area contributed by atoms with Gasteiger partial charge in [0.05, 0.1) is 11.8 Å². The van der Waals surface area contributed by atoms with Gasteiger partial charge < -0.3 is 14.8 Å². The van der Waals surface area contributed by atoms with E-state index >= 15 is 0 Å². The number of fused-ring (bicyclic) bond motifs is 1. The normalized spacial score (nSPS) is 31.7. The predicted molar refractivity (Wildman–Crippen MR) is 88.5 cm³/mol. The fourth-order valence-corrected chi connectivity index (χ4v) is 4.69. The maximum Gasteiger partial charge on any atom is 0.310 e. The van der Waals surface area contributed by atoms with Gasteiger partial charge in [-0.15, -0.1) is 0 Å². The number of benzene rings is 1. The predicted octanol–water partition coefficient (Wildman–Crippen LogP) is 1.93. The largest absolute Gasteiger partial charge is 0.462 e. The zero-order chi connectivity index (χ0) is 17.6. The van der Waals surface area contributed by atoms with Crippen molar-refractivity contribution in [3.8, 4) is 0 Å². The van der Waals surface area contributed by atoms with Gasteiger partial charge >= 0.3 is 11.9 Å². The van der Waals surface area contributed by atoms with E-state index in [-0.39, 0.29) is 42.3 Å². The Kier molecular flexibility index (Phi) is 3.98. The number of hydrogen-bond acceptors (Lipinski definition) is 5. The Bertz CT molecular complexity index is 728. The number of para-hydroxylation sites is 1. The molecule has 1 N–H and O–H groups in total. The molecule has 4 rings (SSSR count). The third kappa shape index (κ3) is 2.69. The molecule has 0 spiro atoms. The molecule has 0 aromatic heterocycles. The molecule has 5 atom stereocenters. The molecular weight excluding hydrogens is 322 g/mol. The zero-order valence-corrected chi connectivity index (χ0v) is 14.1. The second-order valence-electron chi connectivity index (χ2n) is 7.09. The monoisotopic (exact) mass is 343 g/mol. The molecule has 132 valence electrons. The number of ether oxygens (including phenoxy) is 2.